The molecule has 0 aliphatic rings. The average Bonchev–Trinajstić information content (AvgIpc) is 2.74. The van der Waals surface area contributed by atoms with Gasteiger partial charge in [0.2, 0.25) is 0 Å². The maximum Gasteiger partial charge on any atom is 0.327 e. The van der Waals surface area contributed by atoms with E-state index in [0.29, 0.717) is 24.3 Å². The molecule has 0 radical (unpaired) electrons. The van der Waals surface area contributed by atoms with Gasteiger partial charge >= 0.3 is 5.97 Å². The van der Waals surface area contributed by atoms with E-state index in [1.54, 1.807) is 12.1 Å². The normalized spacial score (nSPS) is 9.79. The van der Waals surface area contributed by atoms with Crippen molar-refractivity contribution in [2.24, 2.45) is 10.2 Å². The van der Waals surface area contributed by atoms with Crippen LogP contribution in [0.25, 0.3) is 0 Å². The summed E-state index contributed by atoms with van der Waals surface area (Å²) in [5.41, 5.74) is 2.29. The van der Waals surface area contributed by atoms with Gasteiger partial charge in [-0.1, -0.05) is 6.58 Å². The van der Waals surface area contributed by atoms with Crippen LogP contribution >= 0.6 is 0 Å². The predicted molar refractivity (Wildman–Crippen MR) is 110 cm³/mol. The van der Waals surface area contributed by atoms with Crippen LogP contribution in [0.4, 0.5) is 22.7 Å². The maximum absolute atomic E-state index is 10.6. The molecular formula is C20H21N5O4. The number of hydrogen-bond acceptors (Lipinski definition) is 7. The minimum absolute atomic E-state index is 0.0235. The maximum atomic E-state index is 10.6. The number of nitriles is 1. The van der Waals surface area contributed by atoms with Crippen molar-refractivity contribution in [3.8, 4) is 6.07 Å². The zero-order valence-electron chi connectivity index (χ0n) is 15.9. The molecule has 0 aliphatic heterocycles. The number of carbonyl (C=O) groups is 1. The van der Waals surface area contributed by atoms with Crippen molar-refractivity contribution in [1.29, 1.82) is 5.26 Å². The lowest BCUT2D eigenvalue weighted by molar-refractivity contribution is -0.384. The highest BCUT2D eigenvalue weighted by molar-refractivity contribution is 5.78. The summed E-state index contributed by atoms with van der Waals surface area (Å²) in [5, 5.41) is 35.1. The van der Waals surface area contributed by atoms with E-state index in [2.05, 4.69) is 27.8 Å². The van der Waals surface area contributed by atoms with Crippen LogP contribution in [0.5, 0.6) is 0 Å². The van der Waals surface area contributed by atoms with Crippen LogP contribution in [0.15, 0.2) is 71.4 Å². The summed E-state index contributed by atoms with van der Waals surface area (Å²) in [5.74, 6) is -0.981. The van der Waals surface area contributed by atoms with Crippen LogP contribution in [0.3, 0.4) is 0 Å². The van der Waals surface area contributed by atoms with E-state index in [1.807, 2.05) is 31.2 Å². The number of carboxylic acids is 1. The smallest absolute Gasteiger partial charge is 0.327 e. The number of nitro groups is 1. The fourth-order valence-corrected chi connectivity index (χ4v) is 2.14. The molecule has 0 amide bonds. The van der Waals surface area contributed by atoms with Crippen LogP contribution in [0.2, 0.25) is 0 Å². The van der Waals surface area contributed by atoms with Crippen LogP contribution < -0.4 is 4.90 Å². The minimum Gasteiger partial charge on any atom is -0.478 e. The predicted octanol–water partition coefficient (Wildman–Crippen LogP) is 5.01. The van der Waals surface area contributed by atoms with Crippen LogP contribution in [0, 0.1) is 21.4 Å². The standard InChI is InChI=1S/C17H17N5O2.C3H4O2/c1-2-21(13-3-12-18)16-8-4-14(5-9-16)19-20-15-6-10-17(11-7-15)22(23)24;1-2-3(4)5/h4-11H,2-3,13H2,1H3;2H,1H2,(H,4,5). The lowest BCUT2D eigenvalue weighted by Crippen LogP contribution is -2.23. The van der Waals surface area contributed by atoms with E-state index >= 15 is 0 Å². The molecule has 0 saturated heterocycles. The zero-order chi connectivity index (χ0) is 21.6. The Balaban J connectivity index is 0.000000749. The molecule has 0 saturated carbocycles. The first-order chi connectivity index (χ1) is 13.9. The Morgan fingerprint density at radius 1 is 1.21 bits per heavy atom. The Hall–Kier alpha value is -4.06. The molecule has 9 heteroatoms. The number of non-ortho nitro benzene ring substituents is 1. The summed E-state index contributed by atoms with van der Waals surface area (Å²) >= 11 is 0. The van der Waals surface area contributed by atoms with Crippen LogP contribution in [-0.4, -0.2) is 29.1 Å². The van der Waals surface area contributed by atoms with E-state index < -0.39 is 10.9 Å². The van der Waals surface area contributed by atoms with E-state index in [9.17, 15) is 14.9 Å². The molecule has 0 bridgehead atoms. The van der Waals surface area contributed by atoms with Crippen molar-refractivity contribution >= 4 is 28.7 Å². The summed E-state index contributed by atoms with van der Waals surface area (Å²) < 4.78 is 0. The van der Waals surface area contributed by atoms with Crippen molar-refractivity contribution in [2.45, 2.75) is 13.3 Å². The monoisotopic (exact) mass is 395 g/mol. The molecule has 1 N–H and O–H groups in total. The van der Waals surface area contributed by atoms with Gasteiger partial charge in [0.15, 0.2) is 0 Å². The molecule has 0 unspecified atom stereocenters. The van der Waals surface area contributed by atoms with Gasteiger partial charge in [-0.2, -0.15) is 15.5 Å². The molecular weight excluding hydrogens is 374 g/mol. The van der Waals surface area contributed by atoms with Gasteiger partial charge < -0.3 is 10.0 Å². The number of hydrogen-bond donors (Lipinski definition) is 1. The first-order valence-corrected chi connectivity index (χ1v) is 8.64. The topological polar surface area (TPSA) is 132 Å². The third-order valence-electron chi connectivity index (χ3n) is 3.61. The molecule has 0 aliphatic carbocycles. The summed E-state index contributed by atoms with van der Waals surface area (Å²) in [6.07, 6.45) is 1.31. The molecule has 0 atom stereocenters. The number of benzene rings is 2. The van der Waals surface area contributed by atoms with Crippen molar-refractivity contribution in [2.75, 3.05) is 18.0 Å². The summed E-state index contributed by atoms with van der Waals surface area (Å²) in [7, 11) is 0. The summed E-state index contributed by atoms with van der Waals surface area (Å²) in [6.45, 7) is 6.52. The molecule has 2 aromatic rings. The largest absolute Gasteiger partial charge is 0.478 e. The first kappa shape index (κ1) is 23.0. The minimum atomic E-state index is -0.981. The molecule has 0 heterocycles. The number of aliphatic carboxylic acids is 1. The second-order valence-corrected chi connectivity index (χ2v) is 5.52. The van der Waals surface area contributed by atoms with Gasteiger partial charge in [0.25, 0.3) is 5.69 Å². The van der Waals surface area contributed by atoms with Crippen LogP contribution in [-0.2, 0) is 4.79 Å². The lowest BCUT2D eigenvalue weighted by Gasteiger charge is -2.21. The summed E-state index contributed by atoms with van der Waals surface area (Å²) in [4.78, 5) is 21.5. The Labute approximate surface area is 168 Å². The van der Waals surface area contributed by atoms with Gasteiger partial charge in [0.05, 0.1) is 28.8 Å². The number of nitrogens with zero attached hydrogens (tertiary/aromatic N) is 5. The zero-order valence-corrected chi connectivity index (χ0v) is 15.9. The average molecular weight is 395 g/mol. The van der Waals surface area contributed by atoms with Gasteiger partial charge in [0.1, 0.15) is 0 Å². The van der Waals surface area contributed by atoms with Crippen molar-refractivity contribution < 1.29 is 14.8 Å². The molecule has 0 aromatic heterocycles. The first-order valence-electron chi connectivity index (χ1n) is 8.64. The van der Waals surface area contributed by atoms with Crippen molar-refractivity contribution in [3.63, 3.8) is 0 Å². The highest BCUT2D eigenvalue weighted by atomic mass is 16.6. The highest BCUT2D eigenvalue weighted by Crippen LogP contribution is 2.23. The Kier molecular flexibility index (Phi) is 9.79. The molecule has 0 fully saturated rings. The second kappa shape index (κ2) is 12.3. The molecule has 2 rings (SSSR count). The molecule has 150 valence electrons. The SMILES string of the molecule is C=CC(=O)O.CCN(CCC#N)c1ccc(N=Nc2ccc([N+](=O)[O-])cc2)cc1. The van der Waals surface area contributed by atoms with Gasteiger partial charge in [0, 0.05) is 37.0 Å². The Bertz CT molecular complexity index is 887. The highest BCUT2D eigenvalue weighted by Gasteiger charge is 2.04. The van der Waals surface area contributed by atoms with Gasteiger partial charge in [-0.25, -0.2) is 4.79 Å². The number of carboxylic acid groups (broad SMARTS) is 1. The molecule has 9 nitrogen and oxygen atoms in total. The molecule has 0 spiro atoms. The fraction of sp³-hybridized carbons (Fsp3) is 0.200. The molecule has 29 heavy (non-hydrogen) atoms. The number of anilines is 1. The lowest BCUT2D eigenvalue weighted by atomic mass is 10.2. The number of azo groups is 1. The molecule has 2 aromatic carbocycles. The van der Waals surface area contributed by atoms with Crippen molar-refractivity contribution in [3.05, 3.63) is 71.3 Å². The number of nitro benzene ring substituents is 1. The third-order valence-corrected chi connectivity index (χ3v) is 3.61. The number of rotatable bonds is 8. The van der Waals surface area contributed by atoms with Crippen LogP contribution in [0.1, 0.15) is 13.3 Å². The van der Waals surface area contributed by atoms with E-state index in [0.717, 1.165) is 18.3 Å². The van der Waals surface area contributed by atoms with Crippen molar-refractivity contribution in [1.82, 2.24) is 0 Å². The van der Waals surface area contributed by atoms with Gasteiger partial charge in [-0.15, -0.1) is 0 Å². The summed E-state index contributed by atoms with van der Waals surface area (Å²) in [6, 6.07) is 15.6. The second-order valence-electron chi connectivity index (χ2n) is 5.52. The quantitative estimate of drug-likeness (QED) is 0.289. The van der Waals surface area contributed by atoms with Gasteiger partial charge in [-0.3, -0.25) is 10.1 Å². The Morgan fingerprint density at radius 2 is 1.69 bits per heavy atom. The third kappa shape index (κ3) is 8.45. The van der Waals surface area contributed by atoms with E-state index in [1.165, 1.54) is 12.1 Å². The Morgan fingerprint density at radius 3 is 2.07 bits per heavy atom. The van der Waals surface area contributed by atoms with Gasteiger partial charge in [-0.05, 0) is 43.3 Å². The van der Waals surface area contributed by atoms with E-state index in [-0.39, 0.29) is 5.69 Å². The fourth-order valence-electron chi connectivity index (χ4n) is 2.14. The van der Waals surface area contributed by atoms with E-state index in [4.69, 9.17) is 10.4 Å².